The third-order valence-corrected chi connectivity index (χ3v) is 7.50. The van der Waals surface area contributed by atoms with E-state index in [9.17, 15) is 24.0 Å². The van der Waals surface area contributed by atoms with Crippen molar-refractivity contribution in [2.45, 2.75) is 78.6 Å². The van der Waals surface area contributed by atoms with E-state index in [-0.39, 0.29) is 31.8 Å². The summed E-state index contributed by atoms with van der Waals surface area (Å²) in [4.78, 5) is 70.8. The molecule has 0 N–H and O–H groups in total. The van der Waals surface area contributed by atoms with Gasteiger partial charge >= 0.3 is 23.0 Å². The molecule has 0 bridgehead atoms. The van der Waals surface area contributed by atoms with E-state index in [0.29, 0.717) is 22.2 Å². The van der Waals surface area contributed by atoms with Gasteiger partial charge in [-0.05, 0) is 56.2 Å². The molecule has 48 heavy (non-hydrogen) atoms. The second-order valence-corrected chi connectivity index (χ2v) is 13.1. The smallest absolute Gasteiger partial charge is 0.356 e. The average molecular weight is 653 g/mol. The monoisotopic (exact) mass is 652 g/mol. The highest BCUT2D eigenvalue weighted by Crippen LogP contribution is 2.17. The van der Waals surface area contributed by atoms with Crippen LogP contribution in [0.3, 0.4) is 0 Å². The average Bonchev–Trinajstić information content (AvgIpc) is 3.05. The molecule has 3 aromatic carbocycles. The van der Waals surface area contributed by atoms with Crippen LogP contribution in [0.4, 0.5) is 0 Å². The van der Waals surface area contributed by atoms with Crippen LogP contribution in [-0.2, 0) is 27.4 Å². The molecule has 10 nitrogen and oxygen atoms in total. The molecule has 1 atom stereocenters. The Balaban J connectivity index is 1.98. The third kappa shape index (κ3) is 9.40. The van der Waals surface area contributed by atoms with E-state index in [1.165, 1.54) is 0 Å². The number of rotatable bonds is 13. The summed E-state index contributed by atoms with van der Waals surface area (Å²) in [7, 11) is 0. The molecule has 0 fully saturated rings. The van der Waals surface area contributed by atoms with Gasteiger partial charge in [0.15, 0.2) is 6.04 Å². The van der Waals surface area contributed by atoms with Crippen molar-refractivity contribution in [3.05, 3.63) is 145 Å². The van der Waals surface area contributed by atoms with Gasteiger partial charge in [-0.25, -0.2) is 33.3 Å². The Morgan fingerprint density at radius 1 is 0.750 bits per heavy atom. The van der Waals surface area contributed by atoms with E-state index in [1.54, 1.807) is 81.5 Å². The van der Waals surface area contributed by atoms with E-state index < -0.39 is 40.6 Å². The zero-order chi connectivity index (χ0) is 34.8. The van der Waals surface area contributed by atoms with E-state index in [4.69, 9.17) is 4.74 Å². The van der Waals surface area contributed by atoms with Crippen molar-refractivity contribution in [2.75, 3.05) is 5.01 Å². The van der Waals surface area contributed by atoms with E-state index in [1.807, 2.05) is 56.3 Å². The summed E-state index contributed by atoms with van der Waals surface area (Å²) in [5.74, 6) is -1.30. The molecule has 0 aliphatic rings. The first-order valence-electron chi connectivity index (χ1n) is 16.2. The number of esters is 1. The quantitative estimate of drug-likeness (QED) is 0.188. The fourth-order valence-electron chi connectivity index (χ4n) is 5.12. The van der Waals surface area contributed by atoms with Crippen molar-refractivity contribution < 1.29 is 14.3 Å². The van der Waals surface area contributed by atoms with E-state index >= 15 is 0 Å². The van der Waals surface area contributed by atoms with Gasteiger partial charge in [-0.2, -0.15) is 0 Å². The van der Waals surface area contributed by atoms with Crippen LogP contribution < -0.4 is 22.1 Å². The molecule has 0 radical (unpaired) electrons. The summed E-state index contributed by atoms with van der Waals surface area (Å²) in [6, 6.07) is 25.7. The number of hydrogen-bond acceptors (Lipinski definition) is 6. The molecule has 252 valence electrons. The van der Waals surface area contributed by atoms with Crippen molar-refractivity contribution in [1.82, 2.24) is 13.8 Å². The molecule has 4 aromatic rings. The molecule has 1 aromatic heterocycles. The zero-order valence-corrected chi connectivity index (χ0v) is 28.2. The van der Waals surface area contributed by atoms with Crippen LogP contribution in [0.25, 0.3) is 6.08 Å². The Morgan fingerprint density at radius 3 is 1.69 bits per heavy atom. The molecule has 1 heterocycles. The van der Waals surface area contributed by atoms with E-state index in [0.717, 1.165) is 19.7 Å². The maximum Gasteiger partial charge on any atom is 0.356 e. The summed E-state index contributed by atoms with van der Waals surface area (Å²) in [6.07, 6.45) is 3.81. The number of ether oxygens (including phenoxy) is 1. The lowest BCUT2D eigenvalue weighted by Crippen LogP contribution is -2.66. The van der Waals surface area contributed by atoms with Crippen LogP contribution in [-0.4, -0.2) is 37.3 Å². The van der Waals surface area contributed by atoms with Gasteiger partial charge in [-0.1, -0.05) is 117 Å². The van der Waals surface area contributed by atoms with Crippen LogP contribution in [0.2, 0.25) is 0 Å². The number of hydrogen-bond donors (Lipinski definition) is 0. The van der Waals surface area contributed by atoms with Gasteiger partial charge in [0, 0.05) is 6.42 Å². The highest BCUT2D eigenvalue weighted by molar-refractivity contribution is 5.93. The molecule has 0 aliphatic heterocycles. The molecular formula is C38H44N4O6. The number of carbonyl (C=O) groups excluding carboxylic acids is 2. The highest BCUT2D eigenvalue weighted by Gasteiger charge is 2.37. The molecule has 4 rings (SSSR count). The Bertz CT molecular complexity index is 1810. The Kier molecular flexibility index (Phi) is 11.9. The lowest BCUT2D eigenvalue weighted by Gasteiger charge is -2.33. The second-order valence-electron chi connectivity index (χ2n) is 13.1. The summed E-state index contributed by atoms with van der Waals surface area (Å²) < 4.78 is 8.28. The second kappa shape index (κ2) is 16.0. The minimum Gasteiger partial charge on any atom is -0.458 e. The normalized spacial score (nSPS) is 12.3. The molecule has 10 heteroatoms. The predicted molar refractivity (Wildman–Crippen MR) is 187 cm³/mol. The lowest BCUT2D eigenvalue weighted by molar-refractivity contribution is -0.158. The zero-order valence-electron chi connectivity index (χ0n) is 28.2. The van der Waals surface area contributed by atoms with Gasteiger partial charge in [0.25, 0.3) is 0 Å². The largest absolute Gasteiger partial charge is 0.458 e. The number of benzene rings is 3. The van der Waals surface area contributed by atoms with Crippen LogP contribution in [0.1, 0.15) is 70.6 Å². The van der Waals surface area contributed by atoms with Crippen LogP contribution >= 0.6 is 0 Å². The summed E-state index contributed by atoms with van der Waals surface area (Å²) >= 11 is 0. The van der Waals surface area contributed by atoms with Crippen LogP contribution in [0, 0.1) is 5.92 Å². The van der Waals surface area contributed by atoms with Crippen molar-refractivity contribution in [2.24, 2.45) is 5.92 Å². The van der Waals surface area contributed by atoms with E-state index in [2.05, 4.69) is 0 Å². The van der Waals surface area contributed by atoms with Gasteiger partial charge in [0.2, 0.25) is 5.91 Å². The minimum absolute atomic E-state index is 0.0538. The molecule has 0 saturated carbocycles. The topological polar surface area (TPSA) is 113 Å². The number of carbonyl (C=O) groups is 2. The molecule has 0 aliphatic carbocycles. The number of amides is 1. The first kappa shape index (κ1) is 35.6. The summed E-state index contributed by atoms with van der Waals surface area (Å²) in [5.41, 5.74) is -1.69. The Labute approximate surface area is 280 Å². The molecule has 0 spiro atoms. The van der Waals surface area contributed by atoms with Crippen molar-refractivity contribution in [3.8, 4) is 0 Å². The number of aromatic nitrogens is 3. The minimum atomic E-state index is -1.40. The van der Waals surface area contributed by atoms with Gasteiger partial charge < -0.3 is 4.74 Å². The predicted octanol–water partition coefficient (Wildman–Crippen LogP) is 4.98. The van der Waals surface area contributed by atoms with Crippen LogP contribution in [0.5, 0.6) is 0 Å². The maximum absolute atomic E-state index is 14.4. The Hall–Kier alpha value is -5.25. The molecule has 0 unspecified atom stereocenters. The first-order chi connectivity index (χ1) is 22.9. The standard InChI is InChI=1S/C38H44N4O6/c1-28(2)24-25-33(43)41(32(34(44)48-38(3,4)5)23-15-22-29-16-9-6-10-17-29)42-36(46)39(26-30-18-11-7-12-19-30)35(45)40(37(42)47)27-31-20-13-8-14-21-31/h6-22,28,32H,23-27H2,1-5H3/t32-/m0/s1. The fourth-order valence-corrected chi connectivity index (χ4v) is 5.12. The molecule has 0 saturated heterocycles. The first-order valence-corrected chi connectivity index (χ1v) is 16.2. The van der Waals surface area contributed by atoms with Gasteiger partial charge in [-0.15, -0.1) is 4.68 Å². The van der Waals surface area contributed by atoms with Crippen molar-refractivity contribution >= 4 is 18.0 Å². The lowest BCUT2D eigenvalue weighted by atomic mass is 10.1. The summed E-state index contributed by atoms with van der Waals surface area (Å²) in [6.45, 7) is 8.68. The van der Waals surface area contributed by atoms with Crippen molar-refractivity contribution in [3.63, 3.8) is 0 Å². The number of nitrogens with zero attached hydrogens (tertiary/aromatic N) is 4. The SMILES string of the molecule is CC(C)CCC(=O)N([C@@H](CC=Cc1ccccc1)C(=O)OC(C)(C)C)n1c(=O)n(Cc2ccccc2)c(=O)n(Cc2ccccc2)c1=O. The fraction of sp³-hybridized carbons (Fsp3) is 0.342. The van der Waals surface area contributed by atoms with Gasteiger partial charge in [-0.3, -0.25) is 4.79 Å². The maximum atomic E-state index is 14.4. The Morgan fingerprint density at radius 2 is 1.23 bits per heavy atom. The van der Waals surface area contributed by atoms with Gasteiger partial charge in [0.05, 0.1) is 13.1 Å². The van der Waals surface area contributed by atoms with Crippen LogP contribution in [0.15, 0.2) is 111 Å². The highest BCUT2D eigenvalue weighted by atomic mass is 16.6. The molecule has 1 amide bonds. The van der Waals surface area contributed by atoms with Gasteiger partial charge in [0.1, 0.15) is 5.60 Å². The van der Waals surface area contributed by atoms with Crippen molar-refractivity contribution in [1.29, 1.82) is 0 Å². The molecular weight excluding hydrogens is 608 g/mol. The summed E-state index contributed by atoms with van der Waals surface area (Å²) in [5, 5.41) is 0.916. The third-order valence-electron chi connectivity index (χ3n) is 7.50.